The van der Waals surface area contributed by atoms with Crippen LogP contribution in [0.25, 0.3) is 27.7 Å². The molecule has 0 aliphatic rings. The summed E-state index contributed by atoms with van der Waals surface area (Å²) in [6.45, 7) is 0. The van der Waals surface area contributed by atoms with Gasteiger partial charge in [-0.25, -0.2) is 0 Å². The first-order valence-electron chi connectivity index (χ1n) is 8.12. The van der Waals surface area contributed by atoms with Gasteiger partial charge in [-0.2, -0.15) is 0 Å². The van der Waals surface area contributed by atoms with E-state index >= 15 is 0 Å². The molecule has 4 rings (SSSR count). The fraction of sp³-hybridized carbons (Fsp3) is 0.0455. The zero-order valence-electron chi connectivity index (χ0n) is 13.8. The second kappa shape index (κ2) is 6.29. The number of pyridine rings is 1. The van der Waals surface area contributed by atoms with E-state index in [-0.39, 0.29) is 5.56 Å². The van der Waals surface area contributed by atoms with Crippen molar-refractivity contribution in [3.63, 3.8) is 0 Å². The van der Waals surface area contributed by atoms with Crippen molar-refractivity contribution in [2.75, 3.05) is 7.11 Å². The van der Waals surface area contributed by atoms with Gasteiger partial charge in [0.25, 0.3) is 5.56 Å². The first-order valence-corrected chi connectivity index (χ1v) is 8.12. The topological polar surface area (TPSA) is 31.2 Å². The molecule has 0 atom stereocenters. The normalized spacial score (nSPS) is 10.8. The van der Waals surface area contributed by atoms with Crippen molar-refractivity contribution >= 4 is 10.9 Å². The van der Waals surface area contributed by atoms with E-state index in [0.29, 0.717) is 0 Å². The van der Waals surface area contributed by atoms with Gasteiger partial charge in [0.15, 0.2) is 0 Å². The quantitative estimate of drug-likeness (QED) is 0.548. The number of fused-ring (bicyclic) bond motifs is 1. The Balaban J connectivity index is 2.11. The molecule has 0 amide bonds. The third kappa shape index (κ3) is 2.70. The van der Waals surface area contributed by atoms with Crippen LogP contribution in [0.1, 0.15) is 0 Å². The molecule has 122 valence electrons. The molecule has 0 N–H and O–H groups in total. The molecule has 0 spiro atoms. The van der Waals surface area contributed by atoms with Gasteiger partial charge in [-0.3, -0.25) is 9.36 Å². The van der Waals surface area contributed by atoms with Gasteiger partial charge in [-0.15, -0.1) is 0 Å². The van der Waals surface area contributed by atoms with Gasteiger partial charge in [0, 0.05) is 23.2 Å². The first kappa shape index (κ1) is 15.2. The highest BCUT2D eigenvalue weighted by Gasteiger charge is 2.12. The summed E-state index contributed by atoms with van der Waals surface area (Å²) in [4.78, 5) is 12.9. The largest absolute Gasteiger partial charge is 0.497 e. The molecule has 0 aliphatic carbocycles. The van der Waals surface area contributed by atoms with Crippen LogP contribution in [-0.2, 0) is 0 Å². The lowest BCUT2D eigenvalue weighted by molar-refractivity contribution is 0.415. The minimum atomic E-state index is -0.0641. The van der Waals surface area contributed by atoms with E-state index in [1.165, 1.54) is 0 Å². The van der Waals surface area contributed by atoms with Crippen molar-refractivity contribution in [2.24, 2.45) is 0 Å². The van der Waals surface area contributed by atoms with E-state index in [9.17, 15) is 4.79 Å². The molecule has 1 heterocycles. The zero-order valence-corrected chi connectivity index (χ0v) is 13.8. The molecule has 25 heavy (non-hydrogen) atoms. The predicted molar refractivity (Wildman–Crippen MR) is 102 cm³/mol. The molecule has 3 aromatic carbocycles. The number of aromatic nitrogens is 1. The minimum Gasteiger partial charge on any atom is -0.497 e. The van der Waals surface area contributed by atoms with Crippen LogP contribution in [-0.4, -0.2) is 11.7 Å². The number of ether oxygens (including phenoxy) is 1. The molecule has 0 bridgehead atoms. The Kier molecular flexibility index (Phi) is 3.82. The fourth-order valence-electron chi connectivity index (χ4n) is 3.14. The lowest BCUT2D eigenvalue weighted by Crippen LogP contribution is -2.18. The van der Waals surface area contributed by atoms with Gasteiger partial charge in [0.1, 0.15) is 5.75 Å². The second-order valence-electron chi connectivity index (χ2n) is 5.82. The van der Waals surface area contributed by atoms with E-state index in [0.717, 1.165) is 33.5 Å². The number of benzene rings is 3. The van der Waals surface area contributed by atoms with Crippen LogP contribution in [0.3, 0.4) is 0 Å². The SMILES string of the molecule is COc1ccc2c(-c3ccccc3)cc(=O)n(-c3ccccc3)c2c1. The molecule has 0 fully saturated rings. The summed E-state index contributed by atoms with van der Waals surface area (Å²) in [5.41, 5.74) is 3.55. The summed E-state index contributed by atoms with van der Waals surface area (Å²) in [6.07, 6.45) is 0. The van der Waals surface area contributed by atoms with Crippen molar-refractivity contribution in [3.05, 3.63) is 95.3 Å². The van der Waals surface area contributed by atoms with Crippen LogP contribution in [0, 0.1) is 0 Å². The Labute approximate surface area is 145 Å². The summed E-state index contributed by atoms with van der Waals surface area (Å²) in [5.74, 6) is 0.724. The van der Waals surface area contributed by atoms with Crippen LogP contribution in [0.5, 0.6) is 5.75 Å². The van der Waals surface area contributed by atoms with Gasteiger partial charge in [-0.1, -0.05) is 48.5 Å². The predicted octanol–water partition coefficient (Wildman–Crippen LogP) is 4.67. The second-order valence-corrected chi connectivity index (χ2v) is 5.82. The molecule has 0 unspecified atom stereocenters. The molecule has 3 heteroatoms. The number of rotatable bonds is 3. The molecular weight excluding hydrogens is 310 g/mol. The van der Waals surface area contributed by atoms with Crippen molar-refractivity contribution in [2.45, 2.75) is 0 Å². The molecule has 0 saturated heterocycles. The monoisotopic (exact) mass is 327 g/mol. The Hall–Kier alpha value is -3.33. The number of para-hydroxylation sites is 1. The Morgan fingerprint density at radius 3 is 2.16 bits per heavy atom. The standard InChI is InChI=1S/C22H17NO2/c1-25-18-12-13-19-20(16-8-4-2-5-9-16)15-22(24)23(21(19)14-18)17-10-6-3-7-11-17/h2-15H,1H3. The van der Waals surface area contributed by atoms with Crippen molar-refractivity contribution in [3.8, 4) is 22.6 Å². The third-order valence-corrected chi connectivity index (χ3v) is 4.32. The molecule has 0 saturated carbocycles. The van der Waals surface area contributed by atoms with Crippen LogP contribution in [0.2, 0.25) is 0 Å². The first-order chi connectivity index (χ1) is 12.3. The lowest BCUT2D eigenvalue weighted by Gasteiger charge is -2.15. The lowest BCUT2D eigenvalue weighted by atomic mass is 10.0. The summed E-state index contributed by atoms with van der Waals surface area (Å²) in [6, 6.07) is 27.2. The summed E-state index contributed by atoms with van der Waals surface area (Å²) >= 11 is 0. The highest BCUT2D eigenvalue weighted by atomic mass is 16.5. The summed E-state index contributed by atoms with van der Waals surface area (Å²) in [5, 5.41) is 1.01. The van der Waals surface area contributed by atoms with Crippen molar-refractivity contribution < 1.29 is 4.74 Å². The van der Waals surface area contributed by atoms with E-state index < -0.39 is 0 Å². The molecule has 0 radical (unpaired) electrons. The maximum atomic E-state index is 12.9. The van der Waals surface area contributed by atoms with E-state index in [1.54, 1.807) is 17.7 Å². The fourth-order valence-corrected chi connectivity index (χ4v) is 3.14. The molecule has 4 aromatic rings. The molecule has 1 aromatic heterocycles. The molecular formula is C22H17NO2. The van der Waals surface area contributed by atoms with Gasteiger partial charge in [0.05, 0.1) is 12.6 Å². The number of hydrogen-bond acceptors (Lipinski definition) is 2. The molecule has 0 aliphatic heterocycles. The summed E-state index contributed by atoms with van der Waals surface area (Å²) in [7, 11) is 1.63. The number of nitrogens with zero attached hydrogens (tertiary/aromatic N) is 1. The van der Waals surface area contributed by atoms with E-state index in [1.807, 2.05) is 78.9 Å². The minimum absolute atomic E-state index is 0.0641. The van der Waals surface area contributed by atoms with E-state index in [4.69, 9.17) is 4.74 Å². The number of methoxy groups -OCH3 is 1. The Morgan fingerprint density at radius 2 is 1.48 bits per heavy atom. The highest BCUT2D eigenvalue weighted by Crippen LogP contribution is 2.30. The number of hydrogen-bond donors (Lipinski definition) is 0. The van der Waals surface area contributed by atoms with E-state index in [2.05, 4.69) is 0 Å². The summed E-state index contributed by atoms with van der Waals surface area (Å²) < 4.78 is 7.11. The average Bonchev–Trinajstić information content (AvgIpc) is 2.68. The third-order valence-electron chi connectivity index (χ3n) is 4.32. The van der Waals surface area contributed by atoms with Crippen LogP contribution >= 0.6 is 0 Å². The van der Waals surface area contributed by atoms with Crippen molar-refractivity contribution in [1.82, 2.24) is 4.57 Å². The maximum absolute atomic E-state index is 12.9. The van der Waals surface area contributed by atoms with Crippen LogP contribution in [0.15, 0.2) is 89.7 Å². The smallest absolute Gasteiger partial charge is 0.256 e. The Morgan fingerprint density at radius 1 is 0.800 bits per heavy atom. The van der Waals surface area contributed by atoms with Gasteiger partial charge in [-0.05, 0) is 35.4 Å². The van der Waals surface area contributed by atoms with Gasteiger partial charge in [0.2, 0.25) is 0 Å². The van der Waals surface area contributed by atoms with Gasteiger partial charge >= 0.3 is 0 Å². The average molecular weight is 327 g/mol. The van der Waals surface area contributed by atoms with Crippen LogP contribution in [0.4, 0.5) is 0 Å². The van der Waals surface area contributed by atoms with Crippen molar-refractivity contribution in [1.29, 1.82) is 0 Å². The Bertz CT molecular complexity index is 1080. The van der Waals surface area contributed by atoms with Gasteiger partial charge < -0.3 is 4.74 Å². The van der Waals surface area contributed by atoms with Crippen LogP contribution < -0.4 is 10.3 Å². The molecule has 3 nitrogen and oxygen atoms in total. The maximum Gasteiger partial charge on any atom is 0.256 e. The zero-order chi connectivity index (χ0) is 17.2. The highest BCUT2D eigenvalue weighted by molar-refractivity contribution is 5.96.